The Balaban J connectivity index is 1.41. The molecule has 2 atom stereocenters. The fraction of sp³-hybridized carbons (Fsp3) is 0.500. The summed E-state index contributed by atoms with van der Waals surface area (Å²) in [6, 6.07) is 16.8. The van der Waals surface area contributed by atoms with Gasteiger partial charge in [0.2, 0.25) is 5.91 Å². The molecule has 1 heterocycles. The highest BCUT2D eigenvalue weighted by molar-refractivity contribution is 7.90. The van der Waals surface area contributed by atoms with Gasteiger partial charge in [-0.25, -0.2) is 0 Å². The first-order valence-corrected chi connectivity index (χ1v) is 13.6. The average molecular weight is 515 g/mol. The molecule has 0 spiro atoms. The van der Waals surface area contributed by atoms with E-state index in [0.717, 1.165) is 31.5 Å². The van der Waals surface area contributed by atoms with Crippen molar-refractivity contribution in [2.45, 2.75) is 58.3 Å². The van der Waals surface area contributed by atoms with Crippen molar-refractivity contribution in [2.24, 2.45) is 11.8 Å². The van der Waals surface area contributed by atoms with E-state index in [4.69, 9.17) is 9.47 Å². The maximum Gasteiger partial charge on any atom is 0.315 e. The Morgan fingerprint density at radius 2 is 1.67 bits per heavy atom. The molecule has 0 aromatic heterocycles. The molecule has 36 heavy (non-hydrogen) atoms. The van der Waals surface area contributed by atoms with Crippen molar-refractivity contribution < 1.29 is 23.6 Å². The lowest BCUT2D eigenvalue weighted by Gasteiger charge is -2.36. The first-order chi connectivity index (χ1) is 17.1. The van der Waals surface area contributed by atoms with Crippen LogP contribution in [0.1, 0.15) is 52.5 Å². The van der Waals surface area contributed by atoms with Crippen molar-refractivity contribution in [2.75, 3.05) is 19.6 Å². The second-order valence-corrected chi connectivity index (χ2v) is 12.5. The number of rotatable bonds is 10. The summed E-state index contributed by atoms with van der Waals surface area (Å²) in [5.74, 6) is 0.0997. The Morgan fingerprint density at radius 3 is 2.31 bits per heavy atom. The molecule has 8 heteroatoms. The van der Waals surface area contributed by atoms with Crippen LogP contribution in [-0.4, -0.2) is 45.1 Å². The number of para-hydroxylation sites is 2. The first-order valence-electron chi connectivity index (χ1n) is 12.5. The minimum Gasteiger partial charge on any atom is -0.598 e. The molecular weight excluding hydrogens is 476 g/mol. The minimum atomic E-state index is -1.02. The maximum atomic E-state index is 12.7. The van der Waals surface area contributed by atoms with Crippen molar-refractivity contribution in [3.8, 4) is 11.5 Å². The number of nitrogens with zero attached hydrogens (tertiary/aromatic N) is 1. The highest BCUT2D eigenvalue weighted by Crippen LogP contribution is 2.29. The molecule has 7 nitrogen and oxygen atoms in total. The largest absolute Gasteiger partial charge is 0.598 e. The van der Waals surface area contributed by atoms with Crippen LogP contribution in [0, 0.1) is 11.8 Å². The van der Waals surface area contributed by atoms with Gasteiger partial charge in [0.05, 0.1) is 5.92 Å². The zero-order valence-electron chi connectivity index (χ0n) is 21.7. The quantitative estimate of drug-likeness (QED) is 0.285. The highest BCUT2D eigenvalue weighted by atomic mass is 32.2. The molecule has 0 aliphatic carbocycles. The van der Waals surface area contributed by atoms with E-state index in [0.29, 0.717) is 24.5 Å². The van der Waals surface area contributed by atoms with Gasteiger partial charge in [0.15, 0.2) is 11.5 Å². The number of esters is 1. The Labute approximate surface area is 217 Å². The van der Waals surface area contributed by atoms with Gasteiger partial charge in [0, 0.05) is 37.4 Å². The molecule has 2 aromatic rings. The molecule has 3 rings (SSSR count). The highest BCUT2D eigenvalue weighted by Gasteiger charge is 2.35. The second-order valence-electron chi connectivity index (χ2n) is 10.3. The molecule has 2 unspecified atom stereocenters. The Hall–Kier alpha value is -2.55. The van der Waals surface area contributed by atoms with Crippen molar-refractivity contribution >= 4 is 23.2 Å². The normalized spacial score (nSPS) is 16.7. The molecule has 2 aromatic carbocycles. The third kappa shape index (κ3) is 8.54. The average Bonchev–Trinajstić information content (AvgIpc) is 2.87. The topological polar surface area (TPSA) is 90.9 Å². The van der Waals surface area contributed by atoms with Gasteiger partial charge in [-0.1, -0.05) is 49.4 Å². The molecule has 1 amide bonds. The number of ether oxygens (including phenoxy) is 2. The molecule has 196 valence electrons. The fourth-order valence-electron chi connectivity index (χ4n) is 3.95. The molecule has 1 N–H and O–H groups in total. The summed E-state index contributed by atoms with van der Waals surface area (Å²) in [4.78, 5) is 25.1. The summed E-state index contributed by atoms with van der Waals surface area (Å²) in [5, 5.41) is 2.87. The molecule has 1 fully saturated rings. The standard InChI is InChI=1S/C28H38N2O5S/c1-21(19-29-26(31)18-22-14-16-30(17-15-22)36(33)28(2,3)4)27(32)35-25-13-9-8-12-24(25)34-20-23-10-6-5-7-11-23/h5-13,21-22H,14-20H2,1-4H3,(H,29,31). The summed E-state index contributed by atoms with van der Waals surface area (Å²) in [6.07, 6.45) is 2.09. The summed E-state index contributed by atoms with van der Waals surface area (Å²) in [7, 11) is 0. The van der Waals surface area contributed by atoms with E-state index in [1.165, 1.54) is 0 Å². The van der Waals surface area contributed by atoms with Crippen LogP contribution in [0.2, 0.25) is 0 Å². The molecule has 0 bridgehead atoms. The third-order valence-corrected chi connectivity index (χ3v) is 7.99. The van der Waals surface area contributed by atoms with Crippen LogP contribution in [0.4, 0.5) is 0 Å². The number of hydrogen-bond acceptors (Lipinski definition) is 6. The van der Waals surface area contributed by atoms with Crippen LogP contribution >= 0.6 is 0 Å². The van der Waals surface area contributed by atoms with E-state index in [1.54, 1.807) is 25.1 Å². The number of nitrogens with one attached hydrogen (secondary N) is 1. The number of carbonyl (C=O) groups is 2. The number of hydrogen-bond donors (Lipinski definition) is 1. The van der Waals surface area contributed by atoms with Gasteiger partial charge in [0.1, 0.15) is 11.4 Å². The van der Waals surface area contributed by atoms with Crippen LogP contribution < -0.4 is 14.8 Å². The summed E-state index contributed by atoms with van der Waals surface area (Å²) >= 11 is -1.02. The van der Waals surface area contributed by atoms with Crippen LogP contribution in [0.5, 0.6) is 11.5 Å². The van der Waals surface area contributed by atoms with Gasteiger partial charge in [-0.2, -0.15) is 0 Å². The number of amides is 1. The predicted molar refractivity (Wildman–Crippen MR) is 142 cm³/mol. The monoisotopic (exact) mass is 514 g/mol. The zero-order chi connectivity index (χ0) is 26.1. The third-order valence-electron chi connectivity index (χ3n) is 6.11. The van der Waals surface area contributed by atoms with Gasteiger partial charge in [-0.15, -0.1) is 4.31 Å². The zero-order valence-corrected chi connectivity index (χ0v) is 22.5. The Kier molecular flexibility index (Phi) is 10.2. The van der Waals surface area contributed by atoms with Crippen molar-refractivity contribution in [1.29, 1.82) is 0 Å². The number of piperidine rings is 1. The lowest BCUT2D eigenvalue weighted by molar-refractivity contribution is -0.138. The minimum absolute atomic E-state index is 0.0726. The van der Waals surface area contributed by atoms with Crippen LogP contribution in [0.3, 0.4) is 0 Å². The summed E-state index contributed by atoms with van der Waals surface area (Å²) < 4.78 is 25.7. The predicted octanol–water partition coefficient (Wildman–Crippen LogP) is 4.49. The SMILES string of the molecule is CC(CNC(=O)CC1CCN([S+]([O-])C(C)(C)C)CC1)C(=O)Oc1ccccc1OCc1ccccc1. The molecule has 0 radical (unpaired) electrons. The van der Waals surface area contributed by atoms with E-state index in [9.17, 15) is 14.1 Å². The van der Waals surface area contributed by atoms with Crippen molar-refractivity contribution in [3.05, 3.63) is 60.2 Å². The van der Waals surface area contributed by atoms with E-state index >= 15 is 0 Å². The molecule has 1 aliphatic rings. The van der Waals surface area contributed by atoms with Crippen molar-refractivity contribution in [1.82, 2.24) is 9.62 Å². The molecule has 1 saturated heterocycles. The van der Waals surface area contributed by atoms with E-state index in [-0.39, 0.29) is 23.1 Å². The van der Waals surface area contributed by atoms with E-state index in [1.807, 2.05) is 61.5 Å². The van der Waals surface area contributed by atoms with Gasteiger partial charge >= 0.3 is 5.97 Å². The smallest absolute Gasteiger partial charge is 0.315 e. The molecule has 0 saturated carbocycles. The maximum absolute atomic E-state index is 12.7. The lowest BCUT2D eigenvalue weighted by atomic mass is 9.94. The number of benzene rings is 2. The Bertz CT molecular complexity index is 987. The first kappa shape index (κ1) is 28.0. The summed E-state index contributed by atoms with van der Waals surface area (Å²) in [6.45, 7) is 9.70. The van der Waals surface area contributed by atoms with Crippen LogP contribution in [0.15, 0.2) is 54.6 Å². The van der Waals surface area contributed by atoms with Crippen molar-refractivity contribution in [3.63, 3.8) is 0 Å². The molecular formula is C28H38N2O5S. The second kappa shape index (κ2) is 13.1. The summed E-state index contributed by atoms with van der Waals surface area (Å²) in [5.41, 5.74) is 1.02. The van der Waals surface area contributed by atoms with Crippen LogP contribution in [0.25, 0.3) is 0 Å². The van der Waals surface area contributed by atoms with Gasteiger partial charge in [0.25, 0.3) is 0 Å². The molecule has 1 aliphatic heterocycles. The van der Waals surface area contributed by atoms with Crippen LogP contribution in [-0.2, 0) is 27.6 Å². The fourth-order valence-corrected chi connectivity index (χ4v) is 5.27. The van der Waals surface area contributed by atoms with Gasteiger partial charge < -0.3 is 19.3 Å². The Morgan fingerprint density at radius 1 is 1.06 bits per heavy atom. The van der Waals surface area contributed by atoms with E-state index < -0.39 is 23.2 Å². The lowest BCUT2D eigenvalue weighted by Crippen LogP contribution is -2.47. The van der Waals surface area contributed by atoms with Gasteiger partial charge in [-0.05, 0) is 57.2 Å². The van der Waals surface area contributed by atoms with E-state index in [2.05, 4.69) is 5.32 Å². The number of carbonyl (C=O) groups excluding carboxylic acids is 2. The van der Waals surface area contributed by atoms with Gasteiger partial charge in [-0.3, -0.25) is 9.59 Å².